The van der Waals surface area contributed by atoms with Crippen molar-refractivity contribution in [1.82, 2.24) is 0 Å². The molecule has 0 aliphatic carbocycles. The average molecular weight is 1170 g/mol. The minimum atomic E-state index is -6.13. The molecule has 7 rings (SSSR count). The quantitative estimate of drug-likeness (QED) is 0.0678. The lowest BCUT2D eigenvalue weighted by atomic mass is 9.12. The molecule has 7 aromatic rings. The van der Waals surface area contributed by atoms with E-state index in [4.69, 9.17) is 0 Å². The zero-order valence-electron chi connectivity index (χ0n) is 39.1. The van der Waals surface area contributed by atoms with Crippen LogP contribution in [-0.2, 0) is 67.2 Å². The van der Waals surface area contributed by atoms with Crippen LogP contribution < -0.4 is 26.4 Å². The summed E-state index contributed by atoms with van der Waals surface area (Å²) in [5.74, 6) is -0.959. The van der Waals surface area contributed by atoms with E-state index in [0.29, 0.717) is 11.3 Å². The van der Waals surface area contributed by atoms with Gasteiger partial charge in [-0.15, -0.1) is 0 Å². The molecule has 0 bridgehead atoms. The van der Waals surface area contributed by atoms with Gasteiger partial charge in [0.25, 0.3) is 0 Å². The van der Waals surface area contributed by atoms with Crippen molar-refractivity contribution in [1.29, 1.82) is 0 Å². The molecular formula is C51H28BF24NO3. The first kappa shape index (κ1) is 61.5. The maximum absolute atomic E-state index is 14.2. The summed E-state index contributed by atoms with van der Waals surface area (Å²) >= 11 is 0. The first-order valence-corrected chi connectivity index (χ1v) is 22.0. The Balaban J connectivity index is 0.000000370. The highest BCUT2D eigenvalue weighted by atomic mass is 19.4. The Morgan fingerprint density at radius 1 is 0.375 bits per heavy atom. The second kappa shape index (κ2) is 21.4. The third-order valence-corrected chi connectivity index (χ3v) is 12.2. The fourth-order valence-electron chi connectivity index (χ4n) is 8.75. The molecule has 0 unspecified atom stereocenters. The summed E-state index contributed by atoms with van der Waals surface area (Å²) in [6, 6.07) is 9.71. The van der Waals surface area contributed by atoms with Crippen molar-refractivity contribution in [2.75, 3.05) is 0 Å². The number of Topliss-reactive ketones (excluding diaryl/α,β-unsaturated/α-hetero) is 1. The van der Waals surface area contributed by atoms with Crippen LogP contribution in [0.3, 0.4) is 0 Å². The number of aliphatic carboxylic acids is 1. The van der Waals surface area contributed by atoms with E-state index in [9.17, 15) is 120 Å². The highest BCUT2D eigenvalue weighted by Crippen LogP contribution is 2.41. The van der Waals surface area contributed by atoms with Crippen molar-refractivity contribution in [3.05, 3.63) is 195 Å². The smallest absolute Gasteiger partial charge is 0.416 e. The Kier molecular flexibility index (Phi) is 16.4. The molecule has 0 radical (unpaired) electrons. The second-order valence-electron chi connectivity index (χ2n) is 17.6. The van der Waals surface area contributed by atoms with Gasteiger partial charge in [-0.05, 0) is 35.7 Å². The van der Waals surface area contributed by atoms with Crippen LogP contribution in [0, 0.1) is 0 Å². The minimum absolute atomic E-state index is 0.0440. The van der Waals surface area contributed by atoms with Gasteiger partial charge < -0.3 is 5.11 Å². The molecule has 1 N–H and O–H groups in total. The van der Waals surface area contributed by atoms with E-state index >= 15 is 0 Å². The fraction of sp³-hybridized carbons (Fsp3) is 0.196. The third kappa shape index (κ3) is 13.8. The number of aromatic nitrogens is 1. The number of hydrogen-bond acceptors (Lipinski definition) is 2. The summed E-state index contributed by atoms with van der Waals surface area (Å²) in [6.45, 7) is 0.122. The first-order chi connectivity index (χ1) is 36.4. The molecule has 0 amide bonds. The van der Waals surface area contributed by atoms with Crippen molar-refractivity contribution in [2.24, 2.45) is 0 Å². The lowest BCUT2D eigenvalue weighted by Gasteiger charge is -2.46. The zero-order chi connectivity index (χ0) is 60.1. The van der Waals surface area contributed by atoms with Crippen molar-refractivity contribution >= 4 is 50.5 Å². The molecule has 0 saturated carbocycles. The standard InChI is InChI=1S/C32H12BF24.C19H15NO3/c34-25(35,36)13-1-14(26(37,38)39)6-21(5-13)33(22-7-15(27(40,41)42)2-16(8-22)28(43,44)45,23-9-17(29(46,47)48)3-18(10-23)30(49,50)51)24-11-19(31(52,53)54)4-20(12-24)32(55,56)57;21-18(15-7-2-1-3-8-15)13-20-11-10-14-6-4-5-9-16(14)17(20)12-19(22)23/h1-12H;1-11H,12-13H2/q-1;/p+1. The number of halogens is 24. The molecule has 0 spiro atoms. The number of fused-ring (bicyclic) bond motifs is 1. The summed E-state index contributed by atoms with van der Waals surface area (Å²) in [7, 11) is 0. The van der Waals surface area contributed by atoms with Gasteiger partial charge >= 0.3 is 55.4 Å². The van der Waals surface area contributed by atoms with E-state index in [1.165, 1.54) is 0 Å². The number of pyridine rings is 1. The van der Waals surface area contributed by atoms with Crippen LogP contribution in [0.2, 0.25) is 0 Å². The largest absolute Gasteiger partial charge is 0.481 e. The Labute approximate surface area is 432 Å². The van der Waals surface area contributed by atoms with Gasteiger partial charge in [-0.1, -0.05) is 97.1 Å². The minimum Gasteiger partial charge on any atom is -0.481 e. The van der Waals surface area contributed by atoms with E-state index in [-0.39, 0.29) is 18.7 Å². The number of carbonyl (C=O) groups is 2. The SMILES string of the molecule is FC(F)(F)c1cc([B-](c2cc(C(F)(F)F)cc(C(F)(F)F)c2)(c2cc(C(F)(F)F)cc(C(F)(F)F)c2)c2cc(C(F)(F)F)cc(C(F)(F)F)c2)cc(C(F)(F)F)c1.O=C(O)Cc1c2ccccc2cc[n+]1CC(=O)c1ccccc1. The summed E-state index contributed by atoms with van der Waals surface area (Å²) < 4.78 is 343. The Morgan fingerprint density at radius 3 is 0.925 bits per heavy atom. The molecule has 0 atom stereocenters. The van der Waals surface area contributed by atoms with Gasteiger partial charge in [0.2, 0.25) is 18.0 Å². The van der Waals surface area contributed by atoms with Gasteiger partial charge in [-0.25, -0.2) is 0 Å². The van der Waals surface area contributed by atoms with Crippen molar-refractivity contribution in [2.45, 2.75) is 62.4 Å². The number of rotatable bonds is 9. The topological polar surface area (TPSA) is 58.2 Å². The molecule has 1 aromatic heterocycles. The number of carboxylic acid groups (broad SMARTS) is 1. The summed E-state index contributed by atoms with van der Waals surface area (Å²) in [6.07, 6.45) is -53.1. The van der Waals surface area contributed by atoms with Crippen LogP contribution in [0.1, 0.15) is 60.6 Å². The third-order valence-electron chi connectivity index (χ3n) is 12.2. The Bertz CT molecular complexity index is 3000. The van der Waals surface area contributed by atoms with E-state index < -0.39 is 201 Å². The number of hydrogen-bond donors (Lipinski definition) is 1. The summed E-state index contributed by atoms with van der Waals surface area (Å²) in [5, 5.41) is 11.0. The van der Waals surface area contributed by atoms with Gasteiger partial charge in [0.15, 0.2) is 6.20 Å². The summed E-state index contributed by atoms with van der Waals surface area (Å²) in [4.78, 5) is 23.6. The maximum atomic E-state index is 14.2. The molecule has 426 valence electrons. The lowest BCUT2D eigenvalue weighted by molar-refractivity contribution is -0.688. The molecule has 29 heteroatoms. The van der Waals surface area contributed by atoms with Crippen LogP contribution in [-0.4, -0.2) is 23.0 Å². The number of benzene rings is 6. The molecular weight excluding hydrogens is 1140 g/mol. The van der Waals surface area contributed by atoms with Gasteiger partial charge in [0, 0.05) is 17.0 Å². The van der Waals surface area contributed by atoms with E-state index in [0.717, 1.165) is 10.8 Å². The number of ketones is 1. The van der Waals surface area contributed by atoms with Crippen molar-refractivity contribution in [3.63, 3.8) is 0 Å². The Morgan fingerprint density at radius 2 is 0.650 bits per heavy atom. The molecule has 0 aliphatic rings. The highest BCUT2D eigenvalue weighted by Gasteiger charge is 2.47. The van der Waals surface area contributed by atoms with E-state index in [1.807, 2.05) is 48.5 Å². The van der Waals surface area contributed by atoms with E-state index in [2.05, 4.69) is 0 Å². The first-order valence-electron chi connectivity index (χ1n) is 22.0. The average Bonchev–Trinajstić information content (AvgIpc) is 3.33. The van der Waals surface area contributed by atoms with Crippen LogP contribution >= 0.6 is 0 Å². The fourth-order valence-corrected chi connectivity index (χ4v) is 8.75. The van der Waals surface area contributed by atoms with Gasteiger partial charge in [0.05, 0.1) is 44.5 Å². The molecule has 0 aliphatic heterocycles. The number of alkyl halides is 24. The normalized spacial score (nSPS) is 13.2. The maximum Gasteiger partial charge on any atom is 0.416 e. The summed E-state index contributed by atoms with van der Waals surface area (Å²) in [5.41, 5.74) is -28.9. The van der Waals surface area contributed by atoms with Crippen LogP contribution in [0.15, 0.2) is 140 Å². The highest BCUT2D eigenvalue weighted by molar-refractivity contribution is 7.20. The van der Waals surface area contributed by atoms with Gasteiger partial charge in [-0.2, -0.15) is 132 Å². The molecule has 1 heterocycles. The van der Waals surface area contributed by atoms with Crippen molar-refractivity contribution in [3.8, 4) is 0 Å². The van der Waals surface area contributed by atoms with Crippen LogP contribution in [0.4, 0.5) is 105 Å². The number of nitrogens with zero attached hydrogens (tertiary/aromatic N) is 1. The molecule has 6 aromatic carbocycles. The predicted octanol–water partition coefficient (Wildman–Crippen LogP) is 13.9. The Hall–Kier alpha value is -7.75. The second-order valence-corrected chi connectivity index (χ2v) is 17.6. The van der Waals surface area contributed by atoms with E-state index in [1.54, 1.807) is 22.9 Å². The molecule has 4 nitrogen and oxygen atoms in total. The lowest BCUT2D eigenvalue weighted by Crippen LogP contribution is -2.75. The van der Waals surface area contributed by atoms with Crippen LogP contribution in [0.25, 0.3) is 10.8 Å². The number of carbonyl (C=O) groups excluding carboxylic acids is 1. The van der Waals surface area contributed by atoms with Crippen LogP contribution in [0.5, 0.6) is 0 Å². The molecule has 0 fully saturated rings. The van der Waals surface area contributed by atoms with Gasteiger partial charge in [-0.3, -0.25) is 9.59 Å². The number of carboxylic acids is 1. The van der Waals surface area contributed by atoms with Gasteiger partial charge in [0.1, 0.15) is 12.6 Å². The zero-order valence-corrected chi connectivity index (χ0v) is 39.1. The predicted molar refractivity (Wildman–Crippen MR) is 236 cm³/mol. The molecule has 80 heavy (non-hydrogen) atoms. The monoisotopic (exact) mass is 1170 g/mol. The molecule has 0 saturated heterocycles. The van der Waals surface area contributed by atoms with Crippen molar-refractivity contribution < 1.29 is 125 Å².